The Labute approximate surface area is 170 Å². The van der Waals surface area contributed by atoms with Gasteiger partial charge in [-0.1, -0.05) is 94.8 Å². The minimum absolute atomic E-state index is 0.0448. The number of ether oxygens (including phenoxy) is 1. The van der Waals surface area contributed by atoms with Crippen LogP contribution in [-0.2, 0) is 9.16 Å². The highest BCUT2D eigenvalue weighted by Gasteiger charge is 2.51. The summed E-state index contributed by atoms with van der Waals surface area (Å²) < 4.78 is 12.8. The van der Waals surface area contributed by atoms with Gasteiger partial charge in [-0.05, 0) is 27.8 Å². The molecular weight excluding hydrogens is 364 g/mol. The molecule has 152 valence electrons. The summed E-state index contributed by atoms with van der Waals surface area (Å²) in [4.78, 5) is 0. The highest BCUT2D eigenvalue weighted by Crippen LogP contribution is 2.38. The lowest BCUT2D eigenvalue weighted by Gasteiger charge is -2.43. The summed E-state index contributed by atoms with van der Waals surface area (Å²) in [7, 11) is -2.55. The van der Waals surface area contributed by atoms with Crippen molar-refractivity contribution in [2.45, 2.75) is 64.4 Å². The second-order valence-electron chi connectivity index (χ2n) is 8.89. The van der Waals surface area contributed by atoms with Crippen molar-refractivity contribution in [3.05, 3.63) is 60.7 Å². The van der Waals surface area contributed by atoms with E-state index in [4.69, 9.17) is 9.16 Å². The third-order valence-electron chi connectivity index (χ3n) is 5.90. The van der Waals surface area contributed by atoms with Gasteiger partial charge in [0, 0.05) is 6.42 Å². The van der Waals surface area contributed by atoms with E-state index in [2.05, 4.69) is 88.4 Å². The van der Waals surface area contributed by atoms with Gasteiger partial charge in [0.05, 0.1) is 12.7 Å². The van der Waals surface area contributed by atoms with Crippen molar-refractivity contribution in [2.75, 3.05) is 6.61 Å². The number of hydrogen-bond acceptors (Lipinski definition) is 3. The van der Waals surface area contributed by atoms with Gasteiger partial charge < -0.3 is 14.3 Å². The molecule has 3 atom stereocenters. The van der Waals surface area contributed by atoms with E-state index >= 15 is 0 Å². The first kappa shape index (κ1) is 21.3. The van der Waals surface area contributed by atoms with Crippen LogP contribution in [0.4, 0.5) is 0 Å². The highest BCUT2D eigenvalue weighted by atomic mass is 28.4. The van der Waals surface area contributed by atoms with E-state index in [1.54, 1.807) is 0 Å². The molecule has 1 aliphatic heterocycles. The molecule has 2 aromatic carbocycles. The van der Waals surface area contributed by atoms with Crippen LogP contribution in [0.15, 0.2) is 60.7 Å². The first-order valence-electron chi connectivity index (χ1n) is 10.5. The molecule has 3 rings (SSSR count). The molecule has 0 spiro atoms. The van der Waals surface area contributed by atoms with Crippen molar-refractivity contribution in [1.29, 1.82) is 0 Å². The quantitative estimate of drug-likeness (QED) is 0.714. The molecule has 0 radical (unpaired) electrons. The topological polar surface area (TPSA) is 38.7 Å². The number of aliphatic hydroxyl groups excluding tert-OH is 1. The predicted octanol–water partition coefficient (Wildman–Crippen LogP) is 4.09. The smallest absolute Gasteiger partial charge is 0.261 e. The summed E-state index contributed by atoms with van der Waals surface area (Å²) in [5.74, 6) is 0.359. The molecule has 28 heavy (non-hydrogen) atoms. The largest absolute Gasteiger partial charge is 0.405 e. The fourth-order valence-electron chi connectivity index (χ4n) is 4.60. The Kier molecular flexibility index (Phi) is 6.76. The Morgan fingerprint density at radius 3 is 2.00 bits per heavy atom. The fourth-order valence-corrected chi connectivity index (χ4v) is 9.17. The van der Waals surface area contributed by atoms with E-state index in [0.717, 1.165) is 12.8 Å². The summed E-state index contributed by atoms with van der Waals surface area (Å²) in [6.07, 6.45) is 2.16. The third-order valence-corrected chi connectivity index (χ3v) is 10.9. The van der Waals surface area contributed by atoms with Crippen molar-refractivity contribution in [3.8, 4) is 0 Å². The van der Waals surface area contributed by atoms with Crippen LogP contribution < -0.4 is 10.4 Å². The minimum Gasteiger partial charge on any atom is -0.405 e. The lowest BCUT2D eigenvalue weighted by atomic mass is 9.96. The van der Waals surface area contributed by atoms with Gasteiger partial charge in [0.2, 0.25) is 0 Å². The van der Waals surface area contributed by atoms with Gasteiger partial charge in [-0.2, -0.15) is 0 Å². The van der Waals surface area contributed by atoms with Crippen LogP contribution in [0.2, 0.25) is 5.04 Å². The maximum absolute atomic E-state index is 10.1. The minimum atomic E-state index is -2.55. The summed E-state index contributed by atoms with van der Waals surface area (Å²) >= 11 is 0. The molecule has 1 N–H and O–H groups in total. The Hall–Kier alpha value is -1.46. The molecule has 4 heteroatoms. The normalized spacial score (nSPS) is 23.1. The van der Waals surface area contributed by atoms with Gasteiger partial charge in [0.15, 0.2) is 6.29 Å². The van der Waals surface area contributed by atoms with Crippen LogP contribution >= 0.6 is 0 Å². The third kappa shape index (κ3) is 4.25. The fraction of sp³-hybridized carbons (Fsp3) is 0.500. The molecule has 0 aliphatic carbocycles. The number of benzene rings is 2. The van der Waals surface area contributed by atoms with Gasteiger partial charge in [0.1, 0.15) is 0 Å². The molecule has 3 nitrogen and oxygen atoms in total. The number of hydrogen-bond donors (Lipinski definition) is 1. The summed E-state index contributed by atoms with van der Waals surface area (Å²) in [5.41, 5.74) is 0. The maximum Gasteiger partial charge on any atom is 0.261 e. The second-order valence-corrected chi connectivity index (χ2v) is 13.2. The lowest BCUT2D eigenvalue weighted by molar-refractivity contribution is -0.102. The molecule has 0 bridgehead atoms. The van der Waals surface area contributed by atoms with Gasteiger partial charge in [0.25, 0.3) is 8.32 Å². The van der Waals surface area contributed by atoms with Crippen molar-refractivity contribution < 1.29 is 14.3 Å². The molecule has 1 heterocycles. The molecule has 1 fully saturated rings. The molecular formula is C24H34O3Si. The summed E-state index contributed by atoms with van der Waals surface area (Å²) in [5, 5.41) is 12.6. The zero-order valence-corrected chi connectivity index (χ0v) is 18.6. The van der Waals surface area contributed by atoms with Crippen LogP contribution in [-0.4, -0.2) is 32.4 Å². The Bertz CT molecular complexity index is 687. The van der Waals surface area contributed by atoms with E-state index in [1.165, 1.54) is 10.4 Å². The van der Waals surface area contributed by atoms with Gasteiger partial charge in [-0.25, -0.2) is 0 Å². The van der Waals surface area contributed by atoms with E-state index in [9.17, 15) is 5.11 Å². The molecule has 2 aromatic rings. The molecule has 1 saturated heterocycles. The first-order chi connectivity index (χ1) is 13.4. The van der Waals surface area contributed by atoms with Crippen molar-refractivity contribution in [3.63, 3.8) is 0 Å². The standard InChI is InChI=1S/C24H34O3Si/c1-5-12-19-17-23(25)27-22(19)18-26-28(24(2,3)4,20-13-8-6-9-14-20)21-15-10-7-11-16-21/h6-11,13-16,19,22-23,25H,5,12,17-18H2,1-4H3/t19-,22+,23-/m0/s1. The van der Waals surface area contributed by atoms with E-state index in [-0.39, 0.29) is 11.1 Å². The number of rotatable bonds is 7. The highest BCUT2D eigenvalue weighted by molar-refractivity contribution is 6.99. The first-order valence-corrected chi connectivity index (χ1v) is 12.4. The zero-order valence-electron chi connectivity index (χ0n) is 17.6. The predicted molar refractivity (Wildman–Crippen MR) is 117 cm³/mol. The zero-order chi connectivity index (χ0) is 20.2. The van der Waals surface area contributed by atoms with Gasteiger partial charge in [-0.15, -0.1) is 0 Å². The van der Waals surface area contributed by atoms with Crippen molar-refractivity contribution in [1.82, 2.24) is 0 Å². The van der Waals surface area contributed by atoms with Gasteiger partial charge >= 0.3 is 0 Å². The Balaban J connectivity index is 1.99. The molecule has 0 amide bonds. The SMILES string of the molecule is CCC[C@H]1C[C@@H](O)O[C@@H]1CO[Si](c1ccccc1)(c1ccccc1)C(C)(C)C. The second kappa shape index (κ2) is 8.91. The maximum atomic E-state index is 10.1. The molecule has 0 saturated carbocycles. The van der Waals surface area contributed by atoms with Gasteiger partial charge in [-0.3, -0.25) is 0 Å². The van der Waals surface area contributed by atoms with Crippen LogP contribution in [0.1, 0.15) is 47.0 Å². The number of aliphatic hydroxyl groups is 1. The lowest BCUT2D eigenvalue weighted by Crippen LogP contribution is -2.67. The molecule has 0 unspecified atom stereocenters. The van der Waals surface area contributed by atoms with Crippen LogP contribution in [0.25, 0.3) is 0 Å². The van der Waals surface area contributed by atoms with Crippen molar-refractivity contribution in [2.24, 2.45) is 5.92 Å². The molecule has 1 aliphatic rings. The Morgan fingerprint density at radius 1 is 1.00 bits per heavy atom. The average molecular weight is 399 g/mol. The van der Waals surface area contributed by atoms with Crippen LogP contribution in [0.5, 0.6) is 0 Å². The van der Waals surface area contributed by atoms with Crippen LogP contribution in [0, 0.1) is 5.92 Å². The average Bonchev–Trinajstić information content (AvgIpc) is 3.02. The monoisotopic (exact) mass is 398 g/mol. The van der Waals surface area contributed by atoms with E-state index in [1.807, 2.05) is 0 Å². The van der Waals surface area contributed by atoms with Crippen LogP contribution in [0.3, 0.4) is 0 Å². The Morgan fingerprint density at radius 2 is 1.54 bits per heavy atom. The summed E-state index contributed by atoms with van der Waals surface area (Å²) in [6, 6.07) is 21.4. The van der Waals surface area contributed by atoms with E-state index < -0.39 is 14.6 Å². The molecule has 0 aromatic heterocycles. The van der Waals surface area contributed by atoms with E-state index in [0.29, 0.717) is 18.9 Å². The van der Waals surface area contributed by atoms with Crippen molar-refractivity contribution >= 4 is 18.7 Å². The summed E-state index contributed by atoms with van der Waals surface area (Å²) in [6.45, 7) is 9.56.